The molecule has 2 aromatic rings. The number of amides is 1. The lowest BCUT2D eigenvalue weighted by atomic mass is 10.0. The Morgan fingerprint density at radius 1 is 0.946 bits per heavy atom. The summed E-state index contributed by atoms with van der Waals surface area (Å²) in [5, 5.41) is 0. The van der Waals surface area contributed by atoms with Crippen LogP contribution in [0.3, 0.4) is 0 Å². The number of hydrogen-bond acceptors (Lipinski definition) is 8. The van der Waals surface area contributed by atoms with Gasteiger partial charge >= 0.3 is 5.97 Å². The third-order valence-electron chi connectivity index (χ3n) is 5.63. The Hall–Kier alpha value is -4.15. The number of fused-ring (bicyclic) bond motifs is 2. The highest BCUT2D eigenvalue weighted by atomic mass is 19.1. The van der Waals surface area contributed by atoms with Crippen molar-refractivity contribution in [2.24, 2.45) is 0 Å². The third-order valence-corrected chi connectivity index (χ3v) is 5.63. The normalized spacial score (nSPS) is 14.7. The summed E-state index contributed by atoms with van der Waals surface area (Å²) in [6.07, 6.45) is 0.204. The largest absolute Gasteiger partial charge is 0.485 e. The van der Waals surface area contributed by atoms with Crippen molar-refractivity contribution < 1.29 is 47.0 Å². The lowest BCUT2D eigenvalue weighted by molar-refractivity contribution is -0.145. The SMILES string of the molecule is CC(=O)c1cc2c(cc1F)OCC(=O)C2.CCOC(=O)C(C)N1C(=O)COc2cc(F)c(C(C)=O)cc21. The molecule has 37 heavy (non-hydrogen) atoms. The zero-order valence-corrected chi connectivity index (χ0v) is 20.7. The molecule has 0 saturated heterocycles. The number of carbonyl (C=O) groups excluding carboxylic acids is 5. The number of anilines is 1. The maximum atomic E-state index is 13.8. The molecule has 2 heterocycles. The van der Waals surface area contributed by atoms with Crippen molar-refractivity contribution in [3.05, 3.63) is 52.6 Å². The van der Waals surface area contributed by atoms with E-state index in [0.29, 0.717) is 11.3 Å². The number of halogens is 2. The van der Waals surface area contributed by atoms with Crippen LogP contribution in [0.25, 0.3) is 0 Å². The van der Waals surface area contributed by atoms with Crippen LogP contribution in [0, 0.1) is 11.6 Å². The van der Waals surface area contributed by atoms with Gasteiger partial charge in [0.05, 0.1) is 23.4 Å². The van der Waals surface area contributed by atoms with E-state index in [-0.39, 0.29) is 60.4 Å². The van der Waals surface area contributed by atoms with Crippen molar-refractivity contribution in [3.8, 4) is 11.5 Å². The summed E-state index contributed by atoms with van der Waals surface area (Å²) in [5.41, 5.74) is 0.603. The fourth-order valence-electron chi connectivity index (χ4n) is 3.82. The van der Waals surface area contributed by atoms with Crippen LogP contribution in [0.2, 0.25) is 0 Å². The summed E-state index contributed by atoms with van der Waals surface area (Å²) >= 11 is 0. The smallest absolute Gasteiger partial charge is 0.328 e. The van der Waals surface area contributed by atoms with E-state index in [1.54, 1.807) is 6.92 Å². The van der Waals surface area contributed by atoms with Crippen LogP contribution in [0.4, 0.5) is 14.5 Å². The van der Waals surface area contributed by atoms with Gasteiger partial charge in [0.2, 0.25) is 0 Å². The molecule has 0 saturated carbocycles. The molecule has 1 amide bonds. The fraction of sp³-hybridized carbons (Fsp3) is 0.346. The van der Waals surface area contributed by atoms with Gasteiger partial charge in [-0.25, -0.2) is 13.6 Å². The van der Waals surface area contributed by atoms with Crippen LogP contribution in [0.5, 0.6) is 11.5 Å². The highest BCUT2D eigenvalue weighted by Crippen LogP contribution is 2.36. The molecule has 0 fully saturated rings. The van der Waals surface area contributed by atoms with E-state index in [1.165, 1.54) is 43.9 Å². The van der Waals surface area contributed by atoms with Crippen LogP contribution < -0.4 is 14.4 Å². The minimum Gasteiger partial charge on any atom is -0.485 e. The Kier molecular flexibility index (Phi) is 8.36. The molecule has 196 valence electrons. The molecule has 2 aromatic carbocycles. The molecule has 0 spiro atoms. The molecule has 1 atom stereocenters. The first-order chi connectivity index (χ1) is 17.4. The quantitative estimate of drug-likeness (QED) is 0.439. The lowest BCUT2D eigenvalue weighted by Crippen LogP contribution is -2.48. The number of ether oxygens (including phenoxy) is 3. The predicted molar refractivity (Wildman–Crippen MR) is 126 cm³/mol. The van der Waals surface area contributed by atoms with Gasteiger partial charge in [-0.3, -0.25) is 24.1 Å². The highest BCUT2D eigenvalue weighted by molar-refractivity contribution is 6.04. The second kappa shape index (κ2) is 11.3. The zero-order chi connectivity index (χ0) is 27.4. The predicted octanol–water partition coefficient (Wildman–Crippen LogP) is 3.24. The molecule has 4 rings (SSSR count). The number of carbonyl (C=O) groups is 5. The maximum absolute atomic E-state index is 13.8. The van der Waals surface area contributed by atoms with Crippen LogP contribution in [0.1, 0.15) is 54.0 Å². The molecule has 0 aliphatic carbocycles. The summed E-state index contributed by atoms with van der Waals surface area (Å²) in [5.74, 6) is -2.82. The van der Waals surface area contributed by atoms with E-state index in [4.69, 9.17) is 14.2 Å². The lowest BCUT2D eigenvalue weighted by Gasteiger charge is -2.33. The van der Waals surface area contributed by atoms with E-state index in [2.05, 4.69) is 0 Å². The highest BCUT2D eigenvalue weighted by Gasteiger charge is 2.35. The monoisotopic (exact) mass is 517 g/mol. The molecule has 1 unspecified atom stereocenters. The molecule has 0 N–H and O–H groups in total. The number of Topliss-reactive ketones (excluding diaryl/α,β-unsaturated/α-hetero) is 3. The molecule has 11 heteroatoms. The van der Waals surface area contributed by atoms with Gasteiger partial charge in [-0.15, -0.1) is 0 Å². The number of hydrogen-bond donors (Lipinski definition) is 0. The van der Waals surface area contributed by atoms with E-state index in [1.807, 2.05) is 0 Å². The maximum Gasteiger partial charge on any atom is 0.328 e. The van der Waals surface area contributed by atoms with Gasteiger partial charge in [0.1, 0.15) is 35.8 Å². The number of rotatable bonds is 5. The number of benzene rings is 2. The Morgan fingerprint density at radius 2 is 1.51 bits per heavy atom. The number of nitrogens with zero attached hydrogens (tertiary/aromatic N) is 1. The molecule has 0 aromatic heterocycles. The van der Waals surface area contributed by atoms with Gasteiger partial charge < -0.3 is 14.2 Å². The average molecular weight is 517 g/mol. The minimum absolute atomic E-state index is 0.00653. The summed E-state index contributed by atoms with van der Waals surface area (Å²) in [6, 6.07) is 3.92. The van der Waals surface area contributed by atoms with Crippen molar-refractivity contribution in [1.82, 2.24) is 0 Å². The van der Waals surface area contributed by atoms with E-state index < -0.39 is 35.3 Å². The standard InChI is InChI=1S/C15H16FNO5.C11H9FO3/c1-4-21-15(20)8(2)17-12-5-10(9(3)18)11(16)6-13(12)22-7-14(17)19;1-6(13)9-3-7-2-8(14)5-15-11(7)4-10(9)12/h5-6,8H,4,7H2,1-3H3;3-4H,2,5H2,1H3. The Morgan fingerprint density at radius 3 is 2.11 bits per heavy atom. The zero-order valence-electron chi connectivity index (χ0n) is 20.7. The second-order valence-electron chi connectivity index (χ2n) is 8.34. The number of ketones is 3. The van der Waals surface area contributed by atoms with Crippen LogP contribution in [-0.4, -0.2) is 55.1 Å². The van der Waals surface area contributed by atoms with E-state index in [0.717, 1.165) is 6.07 Å². The van der Waals surface area contributed by atoms with E-state index in [9.17, 15) is 32.8 Å². The third kappa shape index (κ3) is 5.99. The van der Waals surface area contributed by atoms with Crippen molar-refractivity contribution in [3.63, 3.8) is 0 Å². The molecular weight excluding hydrogens is 492 g/mol. The van der Waals surface area contributed by atoms with E-state index >= 15 is 0 Å². The van der Waals surface area contributed by atoms with Crippen LogP contribution >= 0.6 is 0 Å². The summed E-state index contributed by atoms with van der Waals surface area (Å²) < 4.78 is 42.3. The van der Waals surface area contributed by atoms with Gasteiger partial charge in [0.25, 0.3) is 5.91 Å². The van der Waals surface area contributed by atoms with Crippen molar-refractivity contribution in [2.45, 2.75) is 40.2 Å². The summed E-state index contributed by atoms with van der Waals surface area (Å²) in [6.45, 7) is 5.51. The first kappa shape index (κ1) is 27.4. The first-order valence-corrected chi connectivity index (χ1v) is 11.4. The van der Waals surface area contributed by atoms with Crippen molar-refractivity contribution >= 4 is 34.9 Å². The van der Waals surface area contributed by atoms with Crippen LogP contribution in [-0.2, 0) is 25.5 Å². The summed E-state index contributed by atoms with van der Waals surface area (Å²) in [4.78, 5) is 58.8. The van der Waals surface area contributed by atoms with Gasteiger partial charge in [0, 0.05) is 24.1 Å². The Balaban J connectivity index is 0.000000220. The van der Waals surface area contributed by atoms with Gasteiger partial charge in [-0.2, -0.15) is 0 Å². The summed E-state index contributed by atoms with van der Waals surface area (Å²) in [7, 11) is 0. The Labute approximate surface area is 211 Å². The second-order valence-corrected chi connectivity index (χ2v) is 8.34. The number of esters is 1. The molecule has 2 aliphatic rings. The average Bonchev–Trinajstić information content (AvgIpc) is 2.83. The molecule has 9 nitrogen and oxygen atoms in total. The van der Waals surface area contributed by atoms with Crippen LogP contribution in [0.15, 0.2) is 24.3 Å². The molecule has 0 radical (unpaired) electrons. The van der Waals surface area contributed by atoms with Crippen molar-refractivity contribution in [1.29, 1.82) is 0 Å². The van der Waals surface area contributed by atoms with Gasteiger partial charge in [-0.1, -0.05) is 0 Å². The molecule has 0 bridgehead atoms. The Bertz CT molecular complexity index is 1290. The van der Waals surface area contributed by atoms with Gasteiger partial charge in [0.15, 0.2) is 24.0 Å². The first-order valence-electron chi connectivity index (χ1n) is 11.4. The van der Waals surface area contributed by atoms with Crippen molar-refractivity contribution in [2.75, 3.05) is 24.7 Å². The minimum atomic E-state index is -0.902. The molecule has 2 aliphatic heterocycles. The van der Waals surface area contributed by atoms with Gasteiger partial charge in [-0.05, 0) is 39.8 Å². The molecular formula is C26H25F2NO8. The topological polar surface area (TPSA) is 116 Å². The fourth-order valence-corrected chi connectivity index (χ4v) is 3.82.